The summed E-state index contributed by atoms with van der Waals surface area (Å²) in [4.78, 5) is 0. The van der Waals surface area contributed by atoms with Crippen LogP contribution in [0.5, 0.6) is 0 Å². The highest BCUT2D eigenvalue weighted by atomic mass is 19.4. The first-order chi connectivity index (χ1) is 8.69. The number of aliphatic hydroxyl groups is 1. The molecule has 0 unspecified atom stereocenters. The maximum Gasteiger partial charge on any atom is 0.453 e. The summed E-state index contributed by atoms with van der Waals surface area (Å²) in [6.45, 7) is 3.21. The van der Waals surface area contributed by atoms with Gasteiger partial charge in [0.2, 0.25) is 0 Å². The summed E-state index contributed by atoms with van der Waals surface area (Å²) < 4.78 is 62.3. The second kappa shape index (κ2) is 5.69. The van der Waals surface area contributed by atoms with Crippen LogP contribution in [0.15, 0.2) is 43.0 Å². The zero-order chi connectivity index (χ0) is 14.7. The van der Waals surface area contributed by atoms with E-state index in [0.717, 1.165) is 6.08 Å². The highest BCUT2D eigenvalue weighted by Crippen LogP contribution is 2.42. The Hall–Kier alpha value is -1.43. The quantitative estimate of drug-likeness (QED) is 0.635. The predicted molar refractivity (Wildman–Crippen MR) is 60.7 cm³/mol. The Kier molecular flexibility index (Phi) is 4.68. The molecule has 0 aromatic heterocycles. The van der Waals surface area contributed by atoms with Crippen LogP contribution in [-0.4, -0.2) is 17.2 Å². The van der Waals surface area contributed by atoms with E-state index in [0.29, 0.717) is 0 Å². The van der Waals surface area contributed by atoms with E-state index in [-0.39, 0.29) is 5.56 Å². The lowest BCUT2D eigenvalue weighted by atomic mass is 9.90. The third kappa shape index (κ3) is 3.76. The Morgan fingerprint density at radius 1 is 1.11 bits per heavy atom. The summed E-state index contributed by atoms with van der Waals surface area (Å²) in [6.07, 6.45) is -7.70. The second-order valence-corrected chi connectivity index (χ2v) is 4.16. The molecule has 1 N–H and O–H groups in total. The molecule has 0 radical (unpaired) electrons. The fourth-order valence-electron chi connectivity index (χ4n) is 1.63. The van der Waals surface area contributed by atoms with Gasteiger partial charge in [-0.15, -0.1) is 6.58 Å². The zero-order valence-corrected chi connectivity index (χ0v) is 9.87. The summed E-state index contributed by atoms with van der Waals surface area (Å²) in [5, 5.41) is 9.84. The van der Waals surface area contributed by atoms with Crippen molar-refractivity contribution in [2.45, 2.75) is 24.6 Å². The first-order valence-corrected chi connectivity index (χ1v) is 5.49. The van der Waals surface area contributed by atoms with Crippen molar-refractivity contribution in [3.8, 4) is 0 Å². The van der Waals surface area contributed by atoms with E-state index in [1.807, 2.05) is 0 Å². The van der Waals surface area contributed by atoms with Gasteiger partial charge in [0, 0.05) is 12.3 Å². The van der Waals surface area contributed by atoms with Crippen molar-refractivity contribution in [1.29, 1.82) is 0 Å². The molecule has 0 heterocycles. The molecule has 0 fully saturated rings. The molecule has 6 heteroatoms. The van der Waals surface area contributed by atoms with E-state index in [4.69, 9.17) is 0 Å². The molecular formula is C13H13F5O. The van der Waals surface area contributed by atoms with Crippen LogP contribution >= 0.6 is 0 Å². The molecule has 0 saturated carbocycles. The van der Waals surface area contributed by atoms with E-state index in [1.165, 1.54) is 12.1 Å². The van der Waals surface area contributed by atoms with Gasteiger partial charge in [0.1, 0.15) is 0 Å². The molecule has 0 spiro atoms. The van der Waals surface area contributed by atoms with Gasteiger partial charge < -0.3 is 5.11 Å². The first-order valence-electron chi connectivity index (χ1n) is 5.49. The number of hydrogen-bond donors (Lipinski definition) is 1. The molecule has 1 nitrogen and oxygen atoms in total. The molecule has 0 bridgehead atoms. The van der Waals surface area contributed by atoms with Crippen molar-refractivity contribution >= 4 is 0 Å². The molecule has 1 aromatic carbocycles. The standard InChI is InChI=1S/C13H13F5O/c1-2-9(8-12(14,15)13(16,17)18)11(19)10-6-4-3-5-7-10/h2-7,9,11,19H,1,8H2/t9-,11+/m1/s1. The normalized spacial score (nSPS) is 15.9. The number of rotatable bonds is 5. The summed E-state index contributed by atoms with van der Waals surface area (Å²) in [5.41, 5.74) is 0.269. The van der Waals surface area contributed by atoms with Crippen molar-refractivity contribution in [3.05, 3.63) is 48.6 Å². The second-order valence-electron chi connectivity index (χ2n) is 4.16. The molecule has 0 aliphatic carbocycles. The van der Waals surface area contributed by atoms with Crippen LogP contribution in [0, 0.1) is 5.92 Å². The summed E-state index contributed by atoms with van der Waals surface area (Å²) >= 11 is 0. The van der Waals surface area contributed by atoms with E-state index in [9.17, 15) is 27.1 Å². The van der Waals surface area contributed by atoms with E-state index >= 15 is 0 Å². The van der Waals surface area contributed by atoms with Crippen LogP contribution in [0.4, 0.5) is 22.0 Å². The summed E-state index contributed by atoms with van der Waals surface area (Å²) in [5.74, 6) is -6.25. The van der Waals surface area contributed by atoms with Crippen molar-refractivity contribution in [3.63, 3.8) is 0 Å². The molecule has 0 aliphatic rings. The minimum absolute atomic E-state index is 0.269. The van der Waals surface area contributed by atoms with Crippen molar-refractivity contribution < 1.29 is 27.1 Å². The highest BCUT2D eigenvalue weighted by molar-refractivity contribution is 5.19. The van der Waals surface area contributed by atoms with Crippen LogP contribution < -0.4 is 0 Å². The van der Waals surface area contributed by atoms with Crippen LogP contribution in [0.3, 0.4) is 0 Å². The molecular weight excluding hydrogens is 267 g/mol. The number of halogens is 5. The van der Waals surface area contributed by atoms with Crippen molar-refractivity contribution in [2.75, 3.05) is 0 Å². The van der Waals surface area contributed by atoms with Crippen molar-refractivity contribution in [1.82, 2.24) is 0 Å². The maximum absolute atomic E-state index is 13.0. The first kappa shape index (κ1) is 15.6. The molecule has 1 aromatic rings. The third-order valence-electron chi connectivity index (χ3n) is 2.76. The van der Waals surface area contributed by atoms with Gasteiger partial charge in [-0.05, 0) is 5.56 Å². The Bertz CT molecular complexity index is 413. The van der Waals surface area contributed by atoms with Crippen LogP contribution in [0.25, 0.3) is 0 Å². The zero-order valence-electron chi connectivity index (χ0n) is 9.87. The Balaban J connectivity index is 2.88. The largest absolute Gasteiger partial charge is 0.453 e. The number of benzene rings is 1. The molecule has 19 heavy (non-hydrogen) atoms. The van der Waals surface area contributed by atoms with Crippen LogP contribution in [0.1, 0.15) is 18.1 Å². The smallest absolute Gasteiger partial charge is 0.388 e. The van der Waals surface area contributed by atoms with Gasteiger partial charge in [-0.25, -0.2) is 0 Å². The van der Waals surface area contributed by atoms with Crippen LogP contribution in [-0.2, 0) is 0 Å². The molecule has 2 atom stereocenters. The van der Waals surface area contributed by atoms with Crippen molar-refractivity contribution in [2.24, 2.45) is 5.92 Å². The molecule has 106 valence electrons. The Labute approximate surface area is 107 Å². The number of aliphatic hydroxyl groups excluding tert-OH is 1. The highest BCUT2D eigenvalue weighted by Gasteiger charge is 2.58. The van der Waals surface area contributed by atoms with Crippen LogP contribution in [0.2, 0.25) is 0 Å². The van der Waals surface area contributed by atoms with Gasteiger partial charge in [-0.3, -0.25) is 0 Å². The van der Waals surface area contributed by atoms with E-state index in [2.05, 4.69) is 6.58 Å². The lowest BCUT2D eigenvalue weighted by molar-refractivity contribution is -0.288. The fourth-order valence-corrected chi connectivity index (χ4v) is 1.63. The SMILES string of the molecule is C=C[C@H](CC(F)(F)C(F)(F)F)[C@H](O)c1ccccc1. The lowest BCUT2D eigenvalue weighted by Gasteiger charge is -2.26. The molecule has 0 amide bonds. The minimum atomic E-state index is -5.63. The van der Waals surface area contributed by atoms with Gasteiger partial charge in [0.05, 0.1) is 6.10 Å². The average Bonchev–Trinajstić information content (AvgIpc) is 2.35. The molecule has 1 rings (SSSR count). The molecule has 0 aliphatic heterocycles. The molecule has 0 saturated heterocycles. The Morgan fingerprint density at radius 3 is 2.05 bits per heavy atom. The Morgan fingerprint density at radius 2 is 1.63 bits per heavy atom. The third-order valence-corrected chi connectivity index (χ3v) is 2.76. The fraction of sp³-hybridized carbons (Fsp3) is 0.385. The van der Waals surface area contributed by atoms with Gasteiger partial charge in [-0.1, -0.05) is 36.4 Å². The lowest BCUT2D eigenvalue weighted by Crippen LogP contribution is -2.38. The topological polar surface area (TPSA) is 20.2 Å². The number of hydrogen-bond acceptors (Lipinski definition) is 1. The maximum atomic E-state index is 13.0. The summed E-state index contributed by atoms with van der Waals surface area (Å²) in [6, 6.07) is 7.66. The monoisotopic (exact) mass is 280 g/mol. The van der Waals surface area contributed by atoms with Gasteiger partial charge in [-0.2, -0.15) is 22.0 Å². The van der Waals surface area contributed by atoms with E-state index < -0.39 is 30.5 Å². The van der Waals surface area contributed by atoms with E-state index in [1.54, 1.807) is 18.2 Å². The summed E-state index contributed by atoms with van der Waals surface area (Å²) in [7, 11) is 0. The van der Waals surface area contributed by atoms with Gasteiger partial charge in [0.15, 0.2) is 0 Å². The van der Waals surface area contributed by atoms with Gasteiger partial charge >= 0.3 is 12.1 Å². The average molecular weight is 280 g/mol. The minimum Gasteiger partial charge on any atom is -0.388 e. The predicted octanol–water partition coefficient (Wildman–Crippen LogP) is 4.11. The number of alkyl halides is 5. The van der Waals surface area contributed by atoms with Gasteiger partial charge in [0.25, 0.3) is 0 Å².